The van der Waals surface area contributed by atoms with Gasteiger partial charge in [0.2, 0.25) is 0 Å². The van der Waals surface area contributed by atoms with E-state index in [1.165, 1.54) is 11.0 Å². The van der Waals surface area contributed by atoms with Crippen LogP contribution in [0.4, 0.5) is 0 Å². The highest BCUT2D eigenvalue weighted by Crippen LogP contribution is 2.18. The fraction of sp³-hybridized carbons (Fsp3) is 0.222. The van der Waals surface area contributed by atoms with E-state index < -0.39 is 5.97 Å². The first-order valence-corrected chi connectivity index (χ1v) is 8.27. The van der Waals surface area contributed by atoms with Crippen LogP contribution in [0.3, 0.4) is 0 Å². The van der Waals surface area contributed by atoms with Crippen molar-refractivity contribution >= 4 is 29.3 Å². The average molecular weight is 345 g/mol. The van der Waals surface area contributed by atoms with Crippen LogP contribution < -0.4 is 4.74 Å². The van der Waals surface area contributed by atoms with Crippen LogP contribution in [0.5, 0.6) is 5.75 Å². The van der Waals surface area contributed by atoms with Crippen molar-refractivity contribution < 1.29 is 19.1 Å². The molecule has 24 heavy (non-hydrogen) atoms. The number of ether oxygens (including phenoxy) is 2. The summed E-state index contributed by atoms with van der Waals surface area (Å²) < 4.78 is 10.2. The monoisotopic (exact) mass is 345 g/mol. The van der Waals surface area contributed by atoms with Gasteiger partial charge >= 0.3 is 5.97 Å². The van der Waals surface area contributed by atoms with Crippen molar-refractivity contribution in [1.82, 2.24) is 4.90 Å². The summed E-state index contributed by atoms with van der Waals surface area (Å²) >= 11 is 1.58. The number of thiophene rings is 1. The summed E-state index contributed by atoms with van der Waals surface area (Å²) in [4.78, 5) is 25.2. The first-order chi connectivity index (χ1) is 11.6. The number of hydrogen-bond acceptors (Lipinski definition) is 5. The molecule has 6 heteroatoms. The molecule has 0 aliphatic rings. The van der Waals surface area contributed by atoms with Gasteiger partial charge < -0.3 is 14.4 Å². The predicted octanol–water partition coefficient (Wildman–Crippen LogP) is 2.97. The summed E-state index contributed by atoms with van der Waals surface area (Å²) in [7, 11) is 3.24. The van der Waals surface area contributed by atoms with Crippen molar-refractivity contribution in [2.75, 3.05) is 20.8 Å². The van der Waals surface area contributed by atoms with Gasteiger partial charge in [0, 0.05) is 25.2 Å². The average Bonchev–Trinajstić information content (AvgIpc) is 3.10. The molecule has 0 saturated heterocycles. The third-order valence-electron chi connectivity index (χ3n) is 3.30. The molecule has 2 aromatic rings. The van der Waals surface area contributed by atoms with Crippen molar-refractivity contribution in [3.05, 3.63) is 58.3 Å². The second-order valence-corrected chi connectivity index (χ2v) is 5.84. The highest BCUT2D eigenvalue weighted by atomic mass is 32.1. The molecule has 0 spiro atoms. The first-order valence-electron chi connectivity index (χ1n) is 7.33. The fourth-order valence-corrected chi connectivity index (χ4v) is 2.66. The minimum Gasteiger partial charge on any atom is -0.496 e. The van der Waals surface area contributed by atoms with Gasteiger partial charge in [0.05, 0.1) is 7.11 Å². The molecule has 0 aliphatic carbocycles. The topological polar surface area (TPSA) is 55.8 Å². The molecular weight excluding hydrogens is 326 g/mol. The van der Waals surface area contributed by atoms with E-state index >= 15 is 0 Å². The van der Waals surface area contributed by atoms with E-state index in [1.54, 1.807) is 37.6 Å². The smallest absolute Gasteiger partial charge is 0.331 e. The van der Waals surface area contributed by atoms with Gasteiger partial charge in [0.15, 0.2) is 6.61 Å². The standard InChI is InChI=1S/C18H19NO4S/c1-19(11-14-9-10-24-13-14)17(20)12-23-18(21)8-7-15-5-3-4-6-16(15)22-2/h3-10,13H,11-12H2,1-2H3/b8-7+. The van der Waals surface area contributed by atoms with E-state index in [2.05, 4.69) is 0 Å². The number of nitrogens with zero attached hydrogens (tertiary/aromatic N) is 1. The van der Waals surface area contributed by atoms with Gasteiger partial charge in [-0.05, 0) is 34.5 Å². The van der Waals surface area contributed by atoms with Crippen LogP contribution in [0, 0.1) is 0 Å². The molecule has 1 amide bonds. The number of para-hydroxylation sites is 1. The van der Waals surface area contributed by atoms with Gasteiger partial charge in [-0.2, -0.15) is 11.3 Å². The van der Waals surface area contributed by atoms with Crippen molar-refractivity contribution in [3.63, 3.8) is 0 Å². The summed E-state index contributed by atoms with van der Waals surface area (Å²) in [5.41, 5.74) is 1.82. The highest BCUT2D eigenvalue weighted by molar-refractivity contribution is 7.07. The van der Waals surface area contributed by atoms with E-state index in [-0.39, 0.29) is 12.5 Å². The Morgan fingerprint density at radius 2 is 2.04 bits per heavy atom. The van der Waals surface area contributed by atoms with Crippen molar-refractivity contribution in [1.29, 1.82) is 0 Å². The summed E-state index contributed by atoms with van der Waals surface area (Å²) in [6.45, 7) is 0.215. The maximum atomic E-state index is 12.0. The number of hydrogen-bond donors (Lipinski definition) is 0. The van der Waals surface area contributed by atoms with Crippen molar-refractivity contribution in [2.45, 2.75) is 6.54 Å². The van der Waals surface area contributed by atoms with Gasteiger partial charge in [0.1, 0.15) is 5.75 Å². The summed E-state index contributed by atoms with van der Waals surface area (Å²) in [6, 6.07) is 9.26. The summed E-state index contributed by atoms with van der Waals surface area (Å²) in [5.74, 6) is -0.161. The number of methoxy groups -OCH3 is 1. The lowest BCUT2D eigenvalue weighted by Gasteiger charge is -2.15. The van der Waals surface area contributed by atoms with E-state index in [1.807, 2.05) is 35.0 Å². The Kier molecular flexibility index (Phi) is 6.57. The predicted molar refractivity (Wildman–Crippen MR) is 93.8 cm³/mol. The number of benzene rings is 1. The van der Waals surface area contributed by atoms with Crippen LogP contribution in [-0.4, -0.2) is 37.5 Å². The summed E-state index contributed by atoms with van der Waals surface area (Å²) in [6.07, 6.45) is 2.88. The normalized spacial score (nSPS) is 10.6. The van der Waals surface area contributed by atoms with Crippen LogP contribution in [0.2, 0.25) is 0 Å². The summed E-state index contributed by atoms with van der Waals surface area (Å²) in [5, 5.41) is 3.93. The number of likely N-dealkylation sites (N-methyl/N-ethyl adjacent to an activating group) is 1. The molecule has 1 aromatic carbocycles. The maximum absolute atomic E-state index is 12.0. The van der Waals surface area contributed by atoms with Crippen LogP contribution in [0.1, 0.15) is 11.1 Å². The van der Waals surface area contributed by atoms with Crippen LogP contribution in [0.15, 0.2) is 47.2 Å². The Hall–Kier alpha value is -2.60. The number of carbonyl (C=O) groups is 2. The lowest BCUT2D eigenvalue weighted by atomic mass is 10.2. The van der Waals surface area contributed by atoms with E-state index in [4.69, 9.17) is 9.47 Å². The third-order valence-corrected chi connectivity index (χ3v) is 4.03. The molecule has 0 aliphatic heterocycles. The van der Waals surface area contributed by atoms with Gasteiger partial charge in [-0.3, -0.25) is 4.79 Å². The number of carbonyl (C=O) groups excluding carboxylic acids is 2. The second-order valence-electron chi connectivity index (χ2n) is 5.06. The van der Waals surface area contributed by atoms with E-state index in [0.717, 1.165) is 11.1 Å². The highest BCUT2D eigenvalue weighted by Gasteiger charge is 2.11. The molecule has 0 N–H and O–H groups in total. The lowest BCUT2D eigenvalue weighted by Crippen LogP contribution is -2.30. The maximum Gasteiger partial charge on any atom is 0.331 e. The van der Waals surface area contributed by atoms with Gasteiger partial charge in [-0.25, -0.2) is 4.79 Å². The third kappa shape index (κ3) is 5.24. The van der Waals surface area contributed by atoms with Crippen molar-refractivity contribution in [3.8, 4) is 5.75 Å². The quantitative estimate of drug-likeness (QED) is 0.572. The fourth-order valence-electron chi connectivity index (χ4n) is 2.00. The molecule has 0 bridgehead atoms. The molecule has 126 valence electrons. The molecular formula is C18H19NO4S. The van der Waals surface area contributed by atoms with Crippen molar-refractivity contribution in [2.24, 2.45) is 0 Å². The second kappa shape index (κ2) is 8.88. The minimum absolute atomic E-state index is 0.250. The molecule has 0 fully saturated rings. The zero-order valence-electron chi connectivity index (χ0n) is 13.6. The SMILES string of the molecule is COc1ccccc1/C=C/C(=O)OCC(=O)N(C)Cc1ccsc1. The Balaban J connectivity index is 1.82. The first kappa shape index (κ1) is 17.7. The molecule has 5 nitrogen and oxygen atoms in total. The number of esters is 1. The minimum atomic E-state index is -0.571. The molecule has 0 atom stereocenters. The van der Waals surface area contributed by atoms with Gasteiger partial charge in [-0.1, -0.05) is 18.2 Å². The molecule has 1 aromatic heterocycles. The Bertz CT molecular complexity index is 710. The Morgan fingerprint density at radius 1 is 1.25 bits per heavy atom. The Morgan fingerprint density at radius 3 is 2.75 bits per heavy atom. The van der Waals surface area contributed by atoms with E-state index in [0.29, 0.717) is 12.3 Å². The van der Waals surface area contributed by atoms with Gasteiger partial charge in [-0.15, -0.1) is 0 Å². The number of amides is 1. The molecule has 2 rings (SSSR count). The molecule has 0 saturated carbocycles. The zero-order valence-corrected chi connectivity index (χ0v) is 14.4. The lowest BCUT2D eigenvalue weighted by molar-refractivity contribution is -0.147. The number of rotatable bonds is 7. The van der Waals surface area contributed by atoms with Crippen LogP contribution in [0.25, 0.3) is 6.08 Å². The molecule has 1 heterocycles. The zero-order chi connectivity index (χ0) is 17.4. The molecule has 0 unspecified atom stereocenters. The van der Waals surface area contributed by atoms with E-state index in [9.17, 15) is 9.59 Å². The van der Waals surface area contributed by atoms with Crippen LogP contribution in [-0.2, 0) is 20.9 Å². The van der Waals surface area contributed by atoms with Crippen LogP contribution >= 0.6 is 11.3 Å². The molecule has 0 radical (unpaired) electrons. The van der Waals surface area contributed by atoms with Gasteiger partial charge in [0.25, 0.3) is 5.91 Å². The Labute approximate surface area is 145 Å². The largest absolute Gasteiger partial charge is 0.496 e.